The first kappa shape index (κ1) is 15.2. The van der Waals surface area contributed by atoms with Crippen LogP contribution in [0.25, 0.3) is 0 Å². The lowest BCUT2D eigenvalue weighted by molar-refractivity contribution is 0.0971. The molecule has 2 saturated heterocycles. The Kier molecular flexibility index (Phi) is 5.66. The third kappa shape index (κ3) is 3.54. The van der Waals surface area contributed by atoms with Gasteiger partial charge in [0.1, 0.15) is 0 Å². The zero-order chi connectivity index (χ0) is 11.6. The summed E-state index contributed by atoms with van der Waals surface area (Å²) in [6.07, 6.45) is 3.11. The number of piperidine rings is 1. The van der Waals surface area contributed by atoms with Crippen LogP contribution in [0.3, 0.4) is 0 Å². The van der Waals surface area contributed by atoms with Gasteiger partial charge in [-0.25, -0.2) is 12.7 Å². The Labute approximate surface area is 109 Å². The van der Waals surface area contributed by atoms with E-state index in [1.807, 2.05) is 0 Å². The Balaban J connectivity index is 0.00000144. The molecule has 0 spiro atoms. The number of nitrogens with two attached hydrogens (primary N) is 1. The van der Waals surface area contributed by atoms with E-state index in [0.717, 1.165) is 25.7 Å². The number of ether oxygens (including phenoxy) is 1. The number of nitrogens with zero attached hydrogens (tertiary/aromatic N) is 1. The minimum absolute atomic E-state index is 0. The second-order valence-electron chi connectivity index (χ2n) is 4.62. The highest BCUT2D eigenvalue weighted by atomic mass is 35.5. The van der Waals surface area contributed by atoms with Gasteiger partial charge in [-0.15, -0.1) is 12.4 Å². The van der Waals surface area contributed by atoms with Crippen LogP contribution in [0.2, 0.25) is 0 Å². The molecule has 0 saturated carbocycles. The molecule has 0 bridgehead atoms. The molecule has 5 nitrogen and oxygen atoms in total. The Morgan fingerprint density at radius 1 is 1.18 bits per heavy atom. The molecule has 0 radical (unpaired) electrons. The molecule has 0 aliphatic carbocycles. The average molecular weight is 285 g/mol. The van der Waals surface area contributed by atoms with Gasteiger partial charge < -0.3 is 10.5 Å². The van der Waals surface area contributed by atoms with Crippen LogP contribution in [0, 0.1) is 0 Å². The fourth-order valence-corrected chi connectivity index (χ4v) is 4.16. The minimum atomic E-state index is -3.16. The Morgan fingerprint density at radius 2 is 1.82 bits per heavy atom. The molecule has 17 heavy (non-hydrogen) atoms. The molecule has 2 aliphatic heterocycles. The number of hydrogen-bond acceptors (Lipinski definition) is 4. The minimum Gasteiger partial charge on any atom is -0.380 e. The van der Waals surface area contributed by atoms with Gasteiger partial charge in [-0.2, -0.15) is 0 Å². The van der Waals surface area contributed by atoms with Gasteiger partial charge in [-0.05, 0) is 25.7 Å². The van der Waals surface area contributed by atoms with Crippen LogP contribution in [0.15, 0.2) is 0 Å². The maximum Gasteiger partial charge on any atom is 0.219 e. The largest absolute Gasteiger partial charge is 0.380 e. The van der Waals surface area contributed by atoms with Crippen LogP contribution in [0.4, 0.5) is 0 Å². The molecule has 1 unspecified atom stereocenters. The third-order valence-corrected chi connectivity index (χ3v) is 5.70. The van der Waals surface area contributed by atoms with Crippen molar-refractivity contribution in [2.45, 2.75) is 37.0 Å². The molecule has 0 aromatic carbocycles. The highest BCUT2D eigenvalue weighted by molar-refractivity contribution is 7.89. The number of rotatable bonds is 2. The van der Waals surface area contributed by atoms with E-state index in [1.54, 1.807) is 4.31 Å². The topological polar surface area (TPSA) is 72.6 Å². The summed E-state index contributed by atoms with van der Waals surface area (Å²) in [6, 6.07) is 0.161. The van der Waals surface area contributed by atoms with E-state index in [4.69, 9.17) is 10.5 Å². The fraction of sp³-hybridized carbons (Fsp3) is 1.00. The quantitative estimate of drug-likeness (QED) is 0.794. The summed E-state index contributed by atoms with van der Waals surface area (Å²) < 4.78 is 31.3. The van der Waals surface area contributed by atoms with E-state index < -0.39 is 10.0 Å². The summed E-state index contributed by atoms with van der Waals surface area (Å²) >= 11 is 0. The average Bonchev–Trinajstić information content (AvgIpc) is 2.31. The van der Waals surface area contributed by atoms with Crippen molar-refractivity contribution in [3.8, 4) is 0 Å². The van der Waals surface area contributed by atoms with E-state index >= 15 is 0 Å². The van der Waals surface area contributed by atoms with Crippen LogP contribution >= 0.6 is 12.4 Å². The van der Waals surface area contributed by atoms with Crippen molar-refractivity contribution in [3.63, 3.8) is 0 Å². The first-order valence-electron chi connectivity index (χ1n) is 5.93. The lowest BCUT2D eigenvalue weighted by Crippen LogP contribution is -2.48. The second kappa shape index (κ2) is 6.33. The number of sulfonamides is 1. The molecule has 2 aliphatic rings. The van der Waals surface area contributed by atoms with Crippen molar-refractivity contribution in [2.24, 2.45) is 5.73 Å². The van der Waals surface area contributed by atoms with Gasteiger partial charge in [0.25, 0.3) is 0 Å². The van der Waals surface area contributed by atoms with Crippen molar-refractivity contribution in [3.05, 3.63) is 0 Å². The van der Waals surface area contributed by atoms with Crippen molar-refractivity contribution < 1.29 is 13.2 Å². The van der Waals surface area contributed by atoms with Crippen molar-refractivity contribution in [2.75, 3.05) is 26.3 Å². The van der Waals surface area contributed by atoms with Crippen LogP contribution in [0.1, 0.15) is 25.7 Å². The number of hydrogen-bond donors (Lipinski definition) is 1. The summed E-state index contributed by atoms with van der Waals surface area (Å²) in [4.78, 5) is 0. The predicted octanol–water partition coefficient (Wildman–Crippen LogP) is 0.340. The van der Waals surface area contributed by atoms with Gasteiger partial charge >= 0.3 is 0 Å². The highest BCUT2D eigenvalue weighted by Crippen LogP contribution is 2.21. The summed E-state index contributed by atoms with van der Waals surface area (Å²) in [7, 11) is -3.16. The molecule has 7 heteroatoms. The van der Waals surface area contributed by atoms with Crippen LogP contribution < -0.4 is 5.73 Å². The summed E-state index contributed by atoms with van der Waals surface area (Å²) in [5.74, 6) is 0. The second-order valence-corrected chi connectivity index (χ2v) is 6.83. The lowest BCUT2D eigenvalue weighted by Gasteiger charge is -2.33. The zero-order valence-electron chi connectivity index (χ0n) is 9.88. The van der Waals surface area contributed by atoms with Crippen LogP contribution in [-0.4, -0.2) is 50.3 Å². The van der Waals surface area contributed by atoms with E-state index in [2.05, 4.69) is 0 Å². The van der Waals surface area contributed by atoms with E-state index in [-0.39, 0.29) is 23.7 Å². The molecular formula is C10H21ClN2O3S. The molecule has 2 heterocycles. The van der Waals surface area contributed by atoms with Crippen molar-refractivity contribution >= 4 is 22.4 Å². The highest BCUT2D eigenvalue weighted by Gasteiger charge is 2.35. The molecule has 1 atom stereocenters. The van der Waals surface area contributed by atoms with Gasteiger partial charge in [0.15, 0.2) is 0 Å². The third-order valence-electron chi connectivity index (χ3n) is 3.40. The smallest absolute Gasteiger partial charge is 0.219 e. The SMILES string of the molecule is Cl.NC1CCN(S(=O)(=O)C2CCCOC2)CC1. The van der Waals surface area contributed by atoms with Gasteiger partial charge in [-0.3, -0.25) is 0 Å². The van der Waals surface area contributed by atoms with Gasteiger partial charge in [-0.1, -0.05) is 0 Å². The Hall–Kier alpha value is 0.120. The first-order valence-corrected chi connectivity index (χ1v) is 7.43. The van der Waals surface area contributed by atoms with Gasteiger partial charge in [0, 0.05) is 25.7 Å². The molecule has 0 aromatic heterocycles. The molecule has 2 N–H and O–H groups in total. The van der Waals surface area contributed by atoms with Crippen molar-refractivity contribution in [1.82, 2.24) is 4.31 Å². The fourth-order valence-electron chi connectivity index (χ4n) is 2.29. The normalized spacial score (nSPS) is 28.6. The standard InChI is InChI=1S/C10H20N2O3S.ClH/c11-9-3-5-12(6-4-9)16(13,14)10-2-1-7-15-8-10;/h9-10H,1-8,11H2;1H. The lowest BCUT2D eigenvalue weighted by atomic mass is 10.1. The molecular weight excluding hydrogens is 264 g/mol. The molecule has 102 valence electrons. The van der Waals surface area contributed by atoms with Gasteiger partial charge in [0.2, 0.25) is 10.0 Å². The first-order chi connectivity index (χ1) is 7.60. The molecule has 0 aromatic rings. The van der Waals surface area contributed by atoms with Crippen LogP contribution in [-0.2, 0) is 14.8 Å². The Bertz CT molecular complexity index is 322. The zero-order valence-corrected chi connectivity index (χ0v) is 11.5. The Morgan fingerprint density at radius 3 is 2.35 bits per heavy atom. The maximum atomic E-state index is 12.3. The van der Waals surface area contributed by atoms with E-state index in [9.17, 15) is 8.42 Å². The maximum absolute atomic E-state index is 12.3. The number of halogens is 1. The summed E-state index contributed by atoms with van der Waals surface area (Å²) in [6.45, 7) is 2.18. The van der Waals surface area contributed by atoms with Crippen LogP contribution in [0.5, 0.6) is 0 Å². The summed E-state index contributed by atoms with van der Waals surface area (Å²) in [5.41, 5.74) is 5.77. The van der Waals surface area contributed by atoms with Crippen molar-refractivity contribution in [1.29, 1.82) is 0 Å². The molecule has 2 fully saturated rings. The summed E-state index contributed by atoms with van der Waals surface area (Å²) in [5, 5.41) is -0.337. The monoisotopic (exact) mass is 284 g/mol. The molecule has 0 amide bonds. The van der Waals surface area contributed by atoms with E-state index in [1.165, 1.54) is 0 Å². The predicted molar refractivity (Wildman–Crippen MR) is 68.8 cm³/mol. The molecule has 2 rings (SSSR count). The van der Waals surface area contributed by atoms with E-state index in [0.29, 0.717) is 26.3 Å². The van der Waals surface area contributed by atoms with Gasteiger partial charge in [0.05, 0.1) is 11.9 Å².